The van der Waals surface area contributed by atoms with Crippen LogP contribution in [0.15, 0.2) is 103 Å². The molecule has 220 valence electrons. The number of rotatable bonds is 16. The van der Waals surface area contributed by atoms with E-state index in [4.69, 9.17) is 19.9 Å². The molecule has 0 heterocycles. The maximum atomic E-state index is 12.1. The smallest absolute Gasteiger partial charge is 0.252 e. The second kappa shape index (κ2) is 16.8. The van der Waals surface area contributed by atoms with E-state index < -0.39 is 12.0 Å². The standard InChI is InChI=1S/C33H34N2O6.ClH/c34-33(38)31-19-30(15-16-32(31)41-23-27-9-5-2-6-10-27)39-18-17-35(20-25-7-3-1-4-8-25)21-28(37)24-40-29-13-11-26(22-36)12-14-29;/h1-16,19,22,28,37H,17-18,20-21,23-24H2,(H2,34,38);1H. The predicted octanol–water partition coefficient (Wildman–Crippen LogP) is 4.92. The number of aliphatic hydroxyl groups is 1. The zero-order chi connectivity index (χ0) is 28.9. The second-order valence-electron chi connectivity index (χ2n) is 9.52. The van der Waals surface area contributed by atoms with Gasteiger partial charge in [-0.3, -0.25) is 14.5 Å². The van der Waals surface area contributed by atoms with E-state index in [-0.39, 0.29) is 24.6 Å². The topological polar surface area (TPSA) is 111 Å². The van der Waals surface area contributed by atoms with E-state index in [0.717, 1.165) is 17.4 Å². The molecule has 0 fully saturated rings. The van der Waals surface area contributed by atoms with Crippen LogP contribution in [0.25, 0.3) is 0 Å². The lowest BCUT2D eigenvalue weighted by Crippen LogP contribution is -2.37. The number of hydrogen-bond acceptors (Lipinski definition) is 7. The van der Waals surface area contributed by atoms with Gasteiger partial charge in [-0.25, -0.2) is 0 Å². The van der Waals surface area contributed by atoms with Crippen LogP contribution in [0.3, 0.4) is 0 Å². The summed E-state index contributed by atoms with van der Waals surface area (Å²) in [5.74, 6) is 0.860. The van der Waals surface area contributed by atoms with Gasteiger partial charge in [-0.15, -0.1) is 12.4 Å². The molecule has 42 heavy (non-hydrogen) atoms. The van der Waals surface area contributed by atoms with Crippen molar-refractivity contribution in [2.24, 2.45) is 5.73 Å². The summed E-state index contributed by atoms with van der Waals surface area (Å²) in [4.78, 5) is 25.0. The lowest BCUT2D eigenvalue weighted by atomic mass is 10.1. The number of nitrogens with two attached hydrogens (primary N) is 1. The Hall–Kier alpha value is -4.37. The zero-order valence-corrected chi connectivity index (χ0v) is 24.0. The van der Waals surface area contributed by atoms with E-state index in [2.05, 4.69) is 4.90 Å². The SMILES string of the molecule is Cl.NC(=O)c1cc(OCCN(Cc2ccccc2)CC(O)COc2ccc(C=O)cc2)ccc1OCc1ccccc1. The molecule has 3 N–H and O–H groups in total. The molecule has 0 radical (unpaired) electrons. The minimum absolute atomic E-state index is 0. The number of carbonyl (C=O) groups excluding carboxylic acids is 2. The summed E-state index contributed by atoms with van der Waals surface area (Å²) in [6.45, 7) is 2.19. The minimum Gasteiger partial charge on any atom is -0.492 e. The molecule has 1 atom stereocenters. The Morgan fingerprint density at radius 1 is 0.833 bits per heavy atom. The van der Waals surface area contributed by atoms with E-state index in [1.165, 1.54) is 0 Å². The zero-order valence-electron chi connectivity index (χ0n) is 23.1. The van der Waals surface area contributed by atoms with Crippen LogP contribution < -0.4 is 19.9 Å². The maximum Gasteiger partial charge on any atom is 0.252 e. The summed E-state index contributed by atoms with van der Waals surface area (Å²) in [5.41, 5.74) is 8.50. The van der Waals surface area contributed by atoms with Crippen LogP contribution in [0.2, 0.25) is 0 Å². The normalized spacial score (nSPS) is 11.3. The summed E-state index contributed by atoms with van der Waals surface area (Å²) in [5, 5.41) is 10.7. The third-order valence-corrected chi connectivity index (χ3v) is 6.31. The number of benzene rings is 4. The molecule has 1 unspecified atom stereocenters. The quantitative estimate of drug-likeness (QED) is 0.178. The largest absolute Gasteiger partial charge is 0.492 e. The first-order chi connectivity index (χ1) is 20.0. The van der Waals surface area contributed by atoms with Crippen LogP contribution >= 0.6 is 12.4 Å². The molecule has 0 aliphatic rings. The molecule has 0 spiro atoms. The van der Waals surface area contributed by atoms with Gasteiger partial charge in [-0.05, 0) is 53.6 Å². The number of carbonyl (C=O) groups is 2. The number of aliphatic hydroxyl groups excluding tert-OH is 1. The Bertz CT molecular complexity index is 1390. The molecular weight excluding hydrogens is 556 g/mol. The molecule has 0 aliphatic carbocycles. The molecule has 1 amide bonds. The maximum absolute atomic E-state index is 12.1. The van der Waals surface area contributed by atoms with Gasteiger partial charge in [-0.2, -0.15) is 0 Å². The number of halogens is 1. The third kappa shape index (κ3) is 10.2. The van der Waals surface area contributed by atoms with E-state index in [0.29, 0.717) is 55.7 Å². The molecule has 0 aliphatic heterocycles. The van der Waals surface area contributed by atoms with Gasteiger partial charge >= 0.3 is 0 Å². The summed E-state index contributed by atoms with van der Waals surface area (Å²) in [6.07, 6.45) is 0.0114. The fraction of sp³-hybridized carbons (Fsp3) is 0.212. The van der Waals surface area contributed by atoms with Crippen molar-refractivity contribution in [2.75, 3.05) is 26.3 Å². The van der Waals surface area contributed by atoms with Crippen LogP contribution in [0.5, 0.6) is 17.2 Å². The minimum atomic E-state index is -0.757. The van der Waals surface area contributed by atoms with Crippen molar-refractivity contribution in [3.05, 3.63) is 125 Å². The van der Waals surface area contributed by atoms with Gasteiger partial charge in [0.2, 0.25) is 0 Å². The fourth-order valence-electron chi connectivity index (χ4n) is 4.21. The summed E-state index contributed by atoms with van der Waals surface area (Å²) >= 11 is 0. The van der Waals surface area contributed by atoms with Crippen LogP contribution in [0, 0.1) is 0 Å². The highest BCUT2D eigenvalue weighted by molar-refractivity contribution is 5.96. The average Bonchev–Trinajstić information content (AvgIpc) is 3.00. The third-order valence-electron chi connectivity index (χ3n) is 6.31. The highest BCUT2D eigenvalue weighted by Gasteiger charge is 2.15. The number of hydrogen-bond donors (Lipinski definition) is 2. The Labute approximate surface area is 252 Å². The number of primary amides is 1. The molecule has 4 aromatic carbocycles. The summed E-state index contributed by atoms with van der Waals surface area (Å²) in [7, 11) is 0. The fourth-order valence-corrected chi connectivity index (χ4v) is 4.21. The van der Waals surface area contributed by atoms with Crippen molar-refractivity contribution in [2.45, 2.75) is 19.3 Å². The van der Waals surface area contributed by atoms with Gasteiger partial charge < -0.3 is 25.1 Å². The van der Waals surface area contributed by atoms with Gasteiger partial charge in [0.1, 0.15) is 49.5 Å². The van der Waals surface area contributed by atoms with E-state index in [1.54, 1.807) is 42.5 Å². The van der Waals surface area contributed by atoms with Crippen molar-refractivity contribution in [1.29, 1.82) is 0 Å². The molecule has 0 aromatic heterocycles. The molecule has 8 nitrogen and oxygen atoms in total. The number of nitrogens with zero attached hydrogens (tertiary/aromatic N) is 1. The first kappa shape index (κ1) is 32.1. The molecule has 9 heteroatoms. The van der Waals surface area contributed by atoms with Gasteiger partial charge in [0, 0.05) is 25.2 Å². The van der Waals surface area contributed by atoms with Crippen molar-refractivity contribution >= 4 is 24.6 Å². The molecule has 0 bridgehead atoms. The molecule has 4 aromatic rings. The van der Waals surface area contributed by atoms with Gasteiger partial charge in [-0.1, -0.05) is 60.7 Å². The first-order valence-electron chi connectivity index (χ1n) is 13.4. The van der Waals surface area contributed by atoms with E-state index >= 15 is 0 Å². The van der Waals surface area contributed by atoms with Gasteiger partial charge in [0.15, 0.2) is 0 Å². The summed E-state index contributed by atoms with van der Waals surface area (Å²) in [6, 6.07) is 31.4. The summed E-state index contributed by atoms with van der Waals surface area (Å²) < 4.78 is 17.5. The lowest BCUT2D eigenvalue weighted by molar-refractivity contribution is 0.0604. The van der Waals surface area contributed by atoms with Crippen molar-refractivity contribution in [1.82, 2.24) is 4.90 Å². The molecular formula is C33H35ClN2O6. The number of ether oxygens (including phenoxy) is 3. The second-order valence-corrected chi connectivity index (χ2v) is 9.52. The first-order valence-corrected chi connectivity index (χ1v) is 13.4. The van der Waals surface area contributed by atoms with Crippen LogP contribution in [0.4, 0.5) is 0 Å². The molecule has 0 saturated heterocycles. The highest BCUT2D eigenvalue weighted by Crippen LogP contribution is 2.25. The Morgan fingerprint density at radius 2 is 1.48 bits per heavy atom. The lowest BCUT2D eigenvalue weighted by Gasteiger charge is -2.25. The Balaban J connectivity index is 0.00000484. The van der Waals surface area contributed by atoms with Gasteiger partial charge in [0.05, 0.1) is 5.56 Å². The predicted molar refractivity (Wildman–Crippen MR) is 164 cm³/mol. The van der Waals surface area contributed by atoms with Crippen LogP contribution in [-0.4, -0.2) is 54.6 Å². The highest BCUT2D eigenvalue weighted by atomic mass is 35.5. The number of aldehydes is 1. The Morgan fingerprint density at radius 3 is 2.12 bits per heavy atom. The number of amides is 1. The monoisotopic (exact) mass is 590 g/mol. The molecule has 0 saturated carbocycles. The van der Waals surface area contributed by atoms with Crippen molar-refractivity contribution in [3.63, 3.8) is 0 Å². The van der Waals surface area contributed by atoms with Gasteiger partial charge in [0.25, 0.3) is 5.91 Å². The van der Waals surface area contributed by atoms with Crippen LogP contribution in [-0.2, 0) is 13.2 Å². The van der Waals surface area contributed by atoms with Crippen LogP contribution in [0.1, 0.15) is 31.8 Å². The Kier molecular flexibility index (Phi) is 12.9. The molecule has 4 rings (SSSR count). The van der Waals surface area contributed by atoms with Crippen molar-refractivity contribution < 1.29 is 28.9 Å². The average molecular weight is 591 g/mol. The van der Waals surface area contributed by atoms with Crippen molar-refractivity contribution in [3.8, 4) is 17.2 Å². The van der Waals surface area contributed by atoms with E-state index in [1.807, 2.05) is 60.7 Å². The van der Waals surface area contributed by atoms with E-state index in [9.17, 15) is 14.7 Å².